The van der Waals surface area contributed by atoms with Crippen LogP contribution in [0.5, 0.6) is 0 Å². The van der Waals surface area contributed by atoms with Gasteiger partial charge in [-0.1, -0.05) is 13.3 Å². The van der Waals surface area contributed by atoms with Crippen molar-refractivity contribution in [2.45, 2.75) is 32.6 Å². The van der Waals surface area contributed by atoms with Gasteiger partial charge in [-0.3, -0.25) is 0 Å². The van der Waals surface area contributed by atoms with Crippen LogP contribution in [0, 0.1) is 0 Å². The van der Waals surface area contributed by atoms with Crippen LogP contribution in [0.4, 0.5) is 0 Å². The van der Waals surface area contributed by atoms with Crippen molar-refractivity contribution in [2.24, 2.45) is 0 Å². The second-order valence-electron chi connectivity index (χ2n) is 4.85. The summed E-state index contributed by atoms with van der Waals surface area (Å²) in [5.74, 6) is 0. The predicted molar refractivity (Wildman–Crippen MR) is 70.9 cm³/mol. The van der Waals surface area contributed by atoms with Crippen molar-refractivity contribution in [3.63, 3.8) is 0 Å². The third kappa shape index (κ3) is 5.83. The molecule has 1 aliphatic rings. The first-order chi connectivity index (χ1) is 7.86. The molecule has 0 bridgehead atoms. The molecule has 0 aromatic heterocycles. The zero-order chi connectivity index (χ0) is 11.6. The molecule has 0 spiro atoms. The molecular formula is C13H29N3. The monoisotopic (exact) mass is 227 g/mol. The topological polar surface area (TPSA) is 18.5 Å². The van der Waals surface area contributed by atoms with Crippen molar-refractivity contribution in [3.05, 3.63) is 0 Å². The van der Waals surface area contributed by atoms with Gasteiger partial charge in [0.05, 0.1) is 0 Å². The van der Waals surface area contributed by atoms with Crippen LogP contribution in [-0.2, 0) is 0 Å². The largest absolute Gasteiger partial charge is 0.320 e. The Morgan fingerprint density at radius 2 is 1.50 bits per heavy atom. The first-order valence-corrected chi connectivity index (χ1v) is 6.96. The molecule has 0 radical (unpaired) electrons. The van der Waals surface area contributed by atoms with E-state index in [0.717, 1.165) is 0 Å². The minimum Gasteiger partial charge on any atom is -0.320 e. The van der Waals surface area contributed by atoms with E-state index in [-0.39, 0.29) is 0 Å². The Morgan fingerprint density at radius 3 is 2.06 bits per heavy atom. The maximum atomic E-state index is 3.21. The summed E-state index contributed by atoms with van der Waals surface area (Å²) in [6, 6.07) is 0. The van der Waals surface area contributed by atoms with Gasteiger partial charge >= 0.3 is 0 Å². The molecule has 1 aliphatic heterocycles. The summed E-state index contributed by atoms with van der Waals surface area (Å²) in [6.45, 7) is 11.2. The molecule has 0 amide bonds. The number of rotatable bonds is 8. The van der Waals surface area contributed by atoms with E-state index in [9.17, 15) is 0 Å². The summed E-state index contributed by atoms with van der Waals surface area (Å²) in [4.78, 5) is 5.23. The van der Waals surface area contributed by atoms with Crippen LogP contribution >= 0.6 is 0 Å². The highest BCUT2D eigenvalue weighted by Crippen LogP contribution is 2.04. The van der Waals surface area contributed by atoms with Crippen molar-refractivity contribution in [1.29, 1.82) is 0 Å². The lowest BCUT2D eigenvalue weighted by Crippen LogP contribution is -2.46. The van der Waals surface area contributed by atoms with Crippen molar-refractivity contribution in [2.75, 3.05) is 52.9 Å². The first-order valence-electron chi connectivity index (χ1n) is 6.96. The predicted octanol–water partition coefficient (Wildman–Crippen LogP) is 1.40. The number of nitrogens with one attached hydrogen (secondary N) is 1. The van der Waals surface area contributed by atoms with Gasteiger partial charge in [0.1, 0.15) is 0 Å². The van der Waals surface area contributed by atoms with Crippen LogP contribution in [-0.4, -0.2) is 62.7 Å². The highest BCUT2D eigenvalue weighted by atomic mass is 15.3. The molecule has 16 heavy (non-hydrogen) atoms. The highest BCUT2D eigenvalue weighted by molar-refractivity contribution is 4.71. The average Bonchev–Trinajstić information content (AvgIpc) is 2.31. The molecule has 0 atom stereocenters. The molecule has 3 nitrogen and oxygen atoms in total. The number of piperazine rings is 1. The lowest BCUT2D eigenvalue weighted by Gasteiger charge is -2.34. The molecule has 0 aromatic rings. The van der Waals surface area contributed by atoms with Gasteiger partial charge in [-0.05, 0) is 45.9 Å². The Morgan fingerprint density at radius 1 is 0.875 bits per heavy atom. The average molecular weight is 227 g/mol. The lowest BCUT2D eigenvalue weighted by molar-refractivity contribution is 0.131. The standard InChI is InChI=1S/C13H29N3/c1-3-8-15-10-12-16(13-11-15)9-6-4-5-7-14-2/h14H,3-13H2,1-2H3. The maximum Gasteiger partial charge on any atom is 0.0110 e. The molecule has 96 valence electrons. The van der Waals surface area contributed by atoms with E-state index in [0.29, 0.717) is 0 Å². The van der Waals surface area contributed by atoms with Gasteiger partial charge in [0.15, 0.2) is 0 Å². The van der Waals surface area contributed by atoms with Crippen LogP contribution < -0.4 is 5.32 Å². The summed E-state index contributed by atoms with van der Waals surface area (Å²) in [6.07, 6.45) is 5.36. The van der Waals surface area contributed by atoms with Gasteiger partial charge in [0, 0.05) is 26.2 Å². The van der Waals surface area contributed by atoms with Crippen molar-refractivity contribution < 1.29 is 0 Å². The molecule has 1 N–H and O–H groups in total. The van der Waals surface area contributed by atoms with Crippen molar-refractivity contribution in [3.8, 4) is 0 Å². The normalized spacial score (nSPS) is 19.1. The van der Waals surface area contributed by atoms with E-state index in [4.69, 9.17) is 0 Å². The zero-order valence-corrected chi connectivity index (χ0v) is 11.2. The van der Waals surface area contributed by atoms with E-state index in [2.05, 4.69) is 22.0 Å². The molecule has 3 heteroatoms. The Kier molecular flexibility index (Phi) is 7.81. The Bertz CT molecular complexity index is 153. The molecule has 1 saturated heterocycles. The van der Waals surface area contributed by atoms with Crippen LogP contribution in [0.15, 0.2) is 0 Å². The fourth-order valence-electron chi connectivity index (χ4n) is 2.37. The molecule has 1 fully saturated rings. The maximum absolute atomic E-state index is 3.21. The number of hydrogen-bond acceptors (Lipinski definition) is 3. The van der Waals surface area contributed by atoms with Crippen molar-refractivity contribution >= 4 is 0 Å². The van der Waals surface area contributed by atoms with Crippen LogP contribution in [0.3, 0.4) is 0 Å². The second kappa shape index (κ2) is 8.97. The number of unbranched alkanes of at least 4 members (excludes halogenated alkanes) is 2. The first kappa shape index (κ1) is 13.9. The van der Waals surface area contributed by atoms with Crippen molar-refractivity contribution in [1.82, 2.24) is 15.1 Å². The van der Waals surface area contributed by atoms with Gasteiger partial charge in [-0.25, -0.2) is 0 Å². The molecule has 1 heterocycles. The van der Waals surface area contributed by atoms with Crippen LogP contribution in [0.2, 0.25) is 0 Å². The summed E-state index contributed by atoms with van der Waals surface area (Å²) < 4.78 is 0. The molecule has 0 aliphatic carbocycles. The van der Waals surface area contributed by atoms with Gasteiger partial charge in [0.2, 0.25) is 0 Å². The molecule has 0 unspecified atom stereocenters. The third-order valence-electron chi connectivity index (χ3n) is 3.41. The minimum absolute atomic E-state index is 1.17. The third-order valence-corrected chi connectivity index (χ3v) is 3.41. The van der Waals surface area contributed by atoms with Gasteiger partial charge in [-0.15, -0.1) is 0 Å². The fraction of sp³-hybridized carbons (Fsp3) is 1.00. The Hall–Kier alpha value is -0.120. The molecule has 1 rings (SSSR count). The van der Waals surface area contributed by atoms with E-state index in [1.165, 1.54) is 71.5 Å². The Labute approximate surface area is 101 Å². The second-order valence-corrected chi connectivity index (χ2v) is 4.85. The van der Waals surface area contributed by atoms with E-state index < -0.39 is 0 Å². The zero-order valence-electron chi connectivity index (χ0n) is 11.2. The van der Waals surface area contributed by atoms with Crippen LogP contribution in [0.1, 0.15) is 32.6 Å². The smallest absolute Gasteiger partial charge is 0.0110 e. The highest BCUT2D eigenvalue weighted by Gasteiger charge is 2.14. The number of hydrogen-bond donors (Lipinski definition) is 1. The van der Waals surface area contributed by atoms with E-state index in [1.54, 1.807) is 0 Å². The summed E-state index contributed by atoms with van der Waals surface area (Å²) in [7, 11) is 2.03. The van der Waals surface area contributed by atoms with Gasteiger partial charge in [-0.2, -0.15) is 0 Å². The van der Waals surface area contributed by atoms with E-state index in [1.807, 2.05) is 7.05 Å². The molecular weight excluding hydrogens is 198 g/mol. The molecule has 0 saturated carbocycles. The summed E-state index contributed by atoms with van der Waals surface area (Å²) in [5, 5.41) is 3.21. The number of nitrogens with zero attached hydrogens (tertiary/aromatic N) is 2. The van der Waals surface area contributed by atoms with Gasteiger partial charge < -0.3 is 15.1 Å². The quantitative estimate of drug-likeness (QED) is 0.633. The fourth-order valence-corrected chi connectivity index (χ4v) is 2.37. The summed E-state index contributed by atoms with van der Waals surface area (Å²) in [5.41, 5.74) is 0. The SMILES string of the molecule is CCCN1CCN(CCCCCNC)CC1. The van der Waals surface area contributed by atoms with Crippen LogP contribution in [0.25, 0.3) is 0 Å². The van der Waals surface area contributed by atoms with Gasteiger partial charge in [0.25, 0.3) is 0 Å². The van der Waals surface area contributed by atoms with E-state index >= 15 is 0 Å². The Balaban J connectivity index is 1.95. The summed E-state index contributed by atoms with van der Waals surface area (Å²) >= 11 is 0. The molecule has 0 aromatic carbocycles. The minimum atomic E-state index is 1.17. The lowest BCUT2D eigenvalue weighted by atomic mass is 10.2.